The van der Waals surface area contributed by atoms with E-state index in [4.69, 9.17) is 14.2 Å². The maximum atomic E-state index is 12.6. The van der Waals surface area contributed by atoms with Crippen LogP contribution in [0.3, 0.4) is 0 Å². The van der Waals surface area contributed by atoms with Gasteiger partial charge in [-0.2, -0.15) is 0 Å². The van der Waals surface area contributed by atoms with Crippen LogP contribution in [-0.2, 0) is 9.53 Å². The molecule has 0 radical (unpaired) electrons. The van der Waals surface area contributed by atoms with E-state index >= 15 is 0 Å². The van der Waals surface area contributed by atoms with Crippen molar-refractivity contribution in [1.29, 1.82) is 0 Å². The van der Waals surface area contributed by atoms with Gasteiger partial charge < -0.3 is 29.7 Å². The normalized spacial score (nSPS) is 19.9. The van der Waals surface area contributed by atoms with Crippen LogP contribution in [-0.4, -0.2) is 74.0 Å². The number of anilines is 3. The number of pyridine rings is 2. The molecular weight excluding hydrogens is 476 g/mol. The van der Waals surface area contributed by atoms with Crippen LogP contribution in [0.15, 0.2) is 42.6 Å². The molecule has 2 saturated heterocycles. The van der Waals surface area contributed by atoms with Crippen molar-refractivity contribution >= 4 is 40.1 Å². The standard InChI is InChI=1S/C26H28N6O5/c1-35-24-5-3-19-25(30-24)21(6-9-27-19)31-10-7-16(8-11-31)28-13-18-14-32(26(34)37-18)17-2-4-22-20(12-17)29-23(33)15-36-22/h2-6,9,12,16,18,28H,7-8,10-11,13-15H2,1H3,(H,29,33)/t18-/m1/s1. The molecule has 0 saturated carbocycles. The highest BCUT2D eigenvalue weighted by molar-refractivity contribution is 5.97. The Morgan fingerprint density at radius 2 is 2.03 bits per heavy atom. The van der Waals surface area contributed by atoms with Crippen LogP contribution in [0.5, 0.6) is 11.6 Å². The van der Waals surface area contributed by atoms with Crippen LogP contribution in [0.2, 0.25) is 0 Å². The number of benzene rings is 1. The molecule has 1 aromatic carbocycles. The smallest absolute Gasteiger partial charge is 0.414 e. The van der Waals surface area contributed by atoms with Crippen LogP contribution < -0.4 is 29.9 Å². The summed E-state index contributed by atoms with van der Waals surface area (Å²) in [6.07, 6.45) is 3.09. The summed E-state index contributed by atoms with van der Waals surface area (Å²) in [5.74, 6) is 0.956. The molecular formula is C26H28N6O5. The number of carbonyl (C=O) groups excluding carboxylic acids is 2. The van der Waals surface area contributed by atoms with Gasteiger partial charge in [0.05, 0.1) is 30.5 Å². The lowest BCUT2D eigenvalue weighted by Crippen LogP contribution is -2.45. The van der Waals surface area contributed by atoms with E-state index in [-0.39, 0.29) is 18.6 Å². The monoisotopic (exact) mass is 504 g/mol. The van der Waals surface area contributed by atoms with E-state index in [1.165, 1.54) is 0 Å². The molecule has 6 rings (SSSR count). The number of methoxy groups -OCH3 is 1. The fraction of sp³-hybridized carbons (Fsp3) is 0.385. The second kappa shape index (κ2) is 9.74. The number of fused-ring (bicyclic) bond motifs is 2. The zero-order valence-corrected chi connectivity index (χ0v) is 20.5. The molecule has 0 aliphatic carbocycles. The van der Waals surface area contributed by atoms with Crippen molar-refractivity contribution in [1.82, 2.24) is 15.3 Å². The maximum absolute atomic E-state index is 12.6. The summed E-state index contributed by atoms with van der Waals surface area (Å²) in [7, 11) is 1.61. The highest BCUT2D eigenvalue weighted by Gasteiger charge is 2.33. The molecule has 2 fully saturated rings. The molecule has 2 amide bonds. The predicted molar refractivity (Wildman–Crippen MR) is 138 cm³/mol. The van der Waals surface area contributed by atoms with Crippen molar-refractivity contribution in [3.8, 4) is 11.6 Å². The molecule has 3 aliphatic heterocycles. The van der Waals surface area contributed by atoms with E-state index < -0.39 is 6.09 Å². The number of hydrogen-bond donors (Lipinski definition) is 2. The van der Waals surface area contributed by atoms with Crippen molar-refractivity contribution in [3.05, 3.63) is 42.6 Å². The summed E-state index contributed by atoms with van der Waals surface area (Å²) in [5, 5.41) is 6.36. The van der Waals surface area contributed by atoms with E-state index in [2.05, 4.69) is 25.5 Å². The predicted octanol–water partition coefficient (Wildman–Crippen LogP) is 2.55. The Kier molecular flexibility index (Phi) is 6.13. The average Bonchev–Trinajstić information content (AvgIpc) is 3.31. The Bertz CT molecular complexity index is 1340. The lowest BCUT2D eigenvalue weighted by atomic mass is 10.0. The van der Waals surface area contributed by atoms with Gasteiger partial charge in [-0.05, 0) is 43.2 Å². The number of rotatable bonds is 6. The number of ether oxygens (including phenoxy) is 3. The van der Waals surface area contributed by atoms with Crippen molar-refractivity contribution in [2.45, 2.75) is 25.0 Å². The quantitative estimate of drug-likeness (QED) is 0.522. The average molecular weight is 505 g/mol. The number of carbonyl (C=O) groups is 2. The minimum atomic E-state index is -0.392. The Hall–Kier alpha value is -4.12. The van der Waals surface area contributed by atoms with E-state index in [0.717, 1.165) is 42.7 Å². The molecule has 2 N–H and O–H groups in total. The van der Waals surface area contributed by atoms with Crippen molar-refractivity contribution in [3.63, 3.8) is 0 Å². The van der Waals surface area contributed by atoms with Crippen molar-refractivity contribution < 1.29 is 23.8 Å². The first-order chi connectivity index (χ1) is 18.1. The van der Waals surface area contributed by atoms with Crippen LogP contribution >= 0.6 is 0 Å². The SMILES string of the molecule is COc1ccc2nccc(N3CCC(NC[C@@H]4CN(c5ccc6c(c5)NC(=O)CO6)C(=O)O4)CC3)c2n1. The summed E-state index contributed by atoms with van der Waals surface area (Å²) in [4.78, 5) is 37.2. The summed E-state index contributed by atoms with van der Waals surface area (Å²) in [6.45, 7) is 2.78. The molecule has 1 atom stereocenters. The molecule has 0 unspecified atom stereocenters. The molecule has 192 valence electrons. The minimum absolute atomic E-state index is 0.00441. The molecule has 0 bridgehead atoms. The molecule has 5 heterocycles. The topological polar surface area (TPSA) is 118 Å². The third kappa shape index (κ3) is 4.69. The number of cyclic esters (lactones) is 1. The first-order valence-electron chi connectivity index (χ1n) is 12.4. The first-order valence-corrected chi connectivity index (χ1v) is 12.4. The zero-order valence-electron chi connectivity index (χ0n) is 20.5. The number of aromatic nitrogens is 2. The van der Waals surface area contributed by atoms with Gasteiger partial charge in [0.25, 0.3) is 5.91 Å². The van der Waals surface area contributed by atoms with Gasteiger partial charge in [0.15, 0.2) is 6.61 Å². The second-order valence-electron chi connectivity index (χ2n) is 9.35. The fourth-order valence-corrected chi connectivity index (χ4v) is 5.06. The van der Waals surface area contributed by atoms with E-state index in [1.807, 2.05) is 24.4 Å². The third-order valence-corrected chi connectivity index (χ3v) is 7.00. The Morgan fingerprint density at radius 3 is 2.86 bits per heavy atom. The molecule has 11 nitrogen and oxygen atoms in total. The highest BCUT2D eigenvalue weighted by atomic mass is 16.6. The number of amides is 2. The first kappa shape index (κ1) is 23.3. The van der Waals surface area contributed by atoms with Gasteiger partial charge in [-0.1, -0.05) is 0 Å². The Balaban J connectivity index is 1.04. The fourth-order valence-electron chi connectivity index (χ4n) is 5.06. The summed E-state index contributed by atoms with van der Waals surface area (Å²) >= 11 is 0. The van der Waals surface area contributed by atoms with Gasteiger partial charge in [0, 0.05) is 43.6 Å². The third-order valence-electron chi connectivity index (χ3n) is 7.00. The number of nitrogens with zero attached hydrogens (tertiary/aromatic N) is 4. The number of hydrogen-bond acceptors (Lipinski definition) is 9. The zero-order chi connectivity index (χ0) is 25.4. The summed E-state index contributed by atoms with van der Waals surface area (Å²) < 4.78 is 16.3. The summed E-state index contributed by atoms with van der Waals surface area (Å²) in [5.41, 5.74) is 3.99. The number of nitrogens with one attached hydrogen (secondary N) is 2. The highest BCUT2D eigenvalue weighted by Crippen LogP contribution is 2.33. The van der Waals surface area contributed by atoms with Gasteiger partial charge in [0.2, 0.25) is 5.88 Å². The van der Waals surface area contributed by atoms with Crippen LogP contribution in [0.1, 0.15) is 12.8 Å². The summed E-state index contributed by atoms with van der Waals surface area (Å²) in [6, 6.07) is 11.4. The maximum Gasteiger partial charge on any atom is 0.414 e. The molecule has 3 aromatic rings. The van der Waals surface area contributed by atoms with Gasteiger partial charge in [0.1, 0.15) is 17.4 Å². The van der Waals surface area contributed by atoms with E-state index in [9.17, 15) is 9.59 Å². The molecule has 0 spiro atoms. The van der Waals surface area contributed by atoms with Crippen LogP contribution in [0, 0.1) is 0 Å². The Morgan fingerprint density at radius 1 is 1.16 bits per heavy atom. The van der Waals surface area contributed by atoms with Crippen molar-refractivity contribution in [2.24, 2.45) is 0 Å². The molecule has 37 heavy (non-hydrogen) atoms. The number of piperidine rings is 1. The van der Waals surface area contributed by atoms with E-state index in [0.29, 0.717) is 42.1 Å². The second-order valence-corrected chi connectivity index (χ2v) is 9.35. The molecule has 11 heteroatoms. The lowest BCUT2D eigenvalue weighted by Gasteiger charge is -2.34. The van der Waals surface area contributed by atoms with Gasteiger partial charge in [-0.3, -0.25) is 14.7 Å². The van der Waals surface area contributed by atoms with Gasteiger partial charge >= 0.3 is 6.09 Å². The van der Waals surface area contributed by atoms with Gasteiger partial charge in [-0.25, -0.2) is 9.78 Å². The van der Waals surface area contributed by atoms with Crippen molar-refractivity contribution in [2.75, 3.05) is 55.0 Å². The largest absolute Gasteiger partial charge is 0.482 e. The molecule has 2 aromatic heterocycles. The van der Waals surface area contributed by atoms with Crippen LogP contribution in [0.25, 0.3) is 11.0 Å². The van der Waals surface area contributed by atoms with Gasteiger partial charge in [-0.15, -0.1) is 0 Å². The minimum Gasteiger partial charge on any atom is -0.482 e. The molecule has 3 aliphatic rings. The van der Waals surface area contributed by atoms with E-state index in [1.54, 1.807) is 30.2 Å². The van der Waals surface area contributed by atoms with Crippen LogP contribution in [0.4, 0.5) is 21.9 Å². The lowest BCUT2D eigenvalue weighted by molar-refractivity contribution is -0.118. The Labute approximate surface area is 213 Å².